The molecule has 1 aliphatic carbocycles. The minimum absolute atomic E-state index is 0.0653. The number of aromatic nitrogens is 2. The Kier molecular flexibility index (Phi) is 5.99. The van der Waals surface area contributed by atoms with Crippen LogP contribution < -0.4 is 5.32 Å². The highest BCUT2D eigenvalue weighted by molar-refractivity contribution is 5.92. The Morgan fingerprint density at radius 3 is 2.55 bits per heavy atom. The molecule has 1 spiro atoms. The summed E-state index contributed by atoms with van der Waals surface area (Å²) in [6.45, 7) is 12.5. The number of rotatable bonds is 4. The van der Waals surface area contributed by atoms with Gasteiger partial charge in [0.05, 0.1) is 6.04 Å². The maximum Gasteiger partial charge on any atom is 0.272 e. The maximum atomic E-state index is 12.9. The first-order chi connectivity index (χ1) is 14.7. The van der Waals surface area contributed by atoms with Gasteiger partial charge in [-0.05, 0) is 86.7 Å². The third kappa shape index (κ3) is 4.72. The van der Waals surface area contributed by atoms with Gasteiger partial charge in [0.15, 0.2) is 0 Å². The summed E-state index contributed by atoms with van der Waals surface area (Å²) in [5.74, 6) is -0.0727. The van der Waals surface area contributed by atoms with Gasteiger partial charge >= 0.3 is 0 Å². The van der Waals surface area contributed by atoms with Crippen molar-refractivity contribution < 1.29 is 4.79 Å². The molecule has 168 valence electrons. The summed E-state index contributed by atoms with van der Waals surface area (Å²) < 4.78 is 1.76. The molecule has 1 aromatic heterocycles. The fraction of sp³-hybridized carbons (Fsp3) is 0.615. The number of nitrogens with one attached hydrogen (secondary N) is 1. The van der Waals surface area contributed by atoms with Crippen LogP contribution in [0.2, 0.25) is 0 Å². The highest BCUT2D eigenvalue weighted by Crippen LogP contribution is 2.48. The van der Waals surface area contributed by atoms with Crippen LogP contribution in [-0.2, 0) is 12.5 Å². The van der Waals surface area contributed by atoms with E-state index in [1.165, 1.54) is 50.0 Å². The minimum Gasteiger partial charge on any atom is -0.344 e. The number of nitrogens with zero attached hydrogens (tertiary/aromatic N) is 3. The second kappa shape index (κ2) is 8.42. The van der Waals surface area contributed by atoms with E-state index in [1.807, 2.05) is 20.0 Å². The standard InChI is InChI=1S/C26H38N4O/c1-19-18-23(28-29(19)5)24(31)27-22-10-11-26(21-9-7-6-8-20(21)22)13-16-30(17-14-26)15-12-25(2,3)4/h6-9,18,22H,10-17H2,1-5H3,(H,27,31)/t22-/m1/s1. The zero-order chi connectivity index (χ0) is 22.2. The SMILES string of the molecule is Cc1cc(C(=O)N[C@@H]2CCC3(CCN(CCC(C)(C)C)CC3)c3ccccc32)nn1C. The van der Waals surface area contributed by atoms with Crippen LogP contribution in [0.15, 0.2) is 30.3 Å². The molecule has 1 aliphatic heterocycles. The fourth-order valence-corrected chi connectivity index (χ4v) is 5.27. The topological polar surface area (TPSA) is 50.2 Å². The van der Waals surface area contributed by atoms with E-state index < -0.39 is 0 Å². The van der Waals surface area contributed by atoms with Crippen molar-refractivity contribution in [2.24, 2.45) is 12.5 Å². The second-order valence-corrected chi connectivity index (χ2v) is 10.9. The monoisotopic (exact) mass is 422 g/mol. The van der Waals surface area contributed by atoms with Gasteiger partial charge < -0.3 is 10.2 Å². The summed E-state index contributed by atoms with van der Waals surface area (Å²) in [7, 11) is 1.87. The lowest BCUT2D eigenvalue weighted by Gasteiger charge is -2.47. The Balaban J connectivity index is 1.47. The quantitative estimate of drug-likeness (QED) is 0.773. The Labute approximate surface area is 187 Å². The normalized spacial score (nSPS) is 21.1. The number of piperidine rings is 1. The number of aryl methyl sites for hydroxylation is 2. The van der Waals surface area contributed by atoms with Crippen molar-refractivity contribution in [1.29, 1.82) is 0 Å². The van der Waals surface area contributed by atoms with Gasteiger partial charge in [-0.25, -0.2) is 0 Å². The van der Waals surface area contributed by atoms with E-state index in [9.17, 15) is 4.79 Å². The lowest BCUT2D eigenvalue weighted by molar-refractivity contribution is 0.0908. The first-order valence-electron chi connectivity index (χ1n) is 11.8. The average molecular weight is 423 g/mol. The van der Waals surface area contributed by atoms with Crippen molar-refractivity contribution >= 4 is 5.91 Å². The molecule has 2 aromatic rings. The van der Waals surface area contributed by atoms with Gasteiger partial charge in [0.1, 0.15) is 5.69 Å². The van der Waals surface area contributed by atoms with Crippen LogP contribution in [0.5, 0.6) is 0 Å². The summed E-state index contributed by atoms with van der Waals surface area (Å²) in [6.07, 6.45) is 5.82. The molecule has 1 atom stereocenters. The van der Waals surface area contributed by atoms with Crippen LogP contribution in [0.25, 0.3) is 0 Å². The van der Waals surface area contributed by atoms with Crippen molar-refractivity contribution in [1.82, 2.24) is 20.0 Å². The van der Waals surface area contributed by atoms with Crippen molar-refractivity contribution in [2.45, 2.75) is 71.3 Å². The number of fused-ring (bicyclic) bond motifs is 2. The van der Waals surface area contributed by atoms with Gasteiger partial charge in [0, 0.05) is 12.7 Å². The van der Waals surface area contributed by atoms with Gasteiger partial charge in [0.25, 0.3) is 5.91 Å². The molecular formula is C26H38N4O. The molecule has 1 N–H and O–H groups in total. The molecule has 1 amide bonds. The molecule has 5 nitrogen and oxygen atoms in total. The van der Waals surface area contributed by atoms with E-state index in [0.29, 0.717) is 11.1 Å². The molecule has 1 fully saturated rings. The lowest BCUT2D eigenvalue weighted by Crippen LogP contribution is -2.46. The predicted molar refractivity (Wildman–Crippen MR) is 125 cm³/mol. The first-order valence-corrected chi connectivity index (χ1v) is 11.8. The number of hydrogen-bond acceptors (Lipinski definition) is 3. The highest BCUT2D eigenvalue weighted by Gasteiger charge is 2.42. The smallest absolute Gasteiger partial charge is 0.272 e. The van der Waals surface area contributed by atoms with Crippen molar-refractivity contribution in [3.63, 3.8) is 0 Å². The molecule has 0 unspecified atom stereocenters. The molecular weight excluding hydrogens is 384 g/mol. The minimum atomic E-state index is -0.0727. The number of carbonyl (C=O) groups excluding carboxylic acids is 1. The van der Waals surface area contributed by atoms with E-state index in [0.717, 1.165) is 18.5 Å². The van der Waals surface area contributed by atoms with E-state index in [4.69, 9.17) is 0 Å². The number of benzene rings is 1. The van der Waals surface area contributed by atoms with Crippen LogP contribution in [0.1, 0.15) is 86.2 Å². The van der Waals surface area contributed by atoms with Crippen molar-refractivity contribution in [3.05, 3.63) is 52.8 Å². The summed E-state index contributed by atoms with van der Waals surface area (Å²) in [5, 5.41) is 7.63. The zero-order valence-corrected chi connectivity index (χ0v) is 19.9. The molecule has 31 heavy (non-hydrogen) atoms. The first kappa shape index (κ1) is 22.1. The number of hydrogen-bond donors (Lipinski definition) is 1. The van der Waals surface area contributed by atoms with Crippen LogP contribution >= 0.6 is 0 Å². The predicted octanol–water partition coefficient (Wildman–Crippen LogP) is 4.76. The van der Waals surface area contributed by atoms with Crippen LogP contribution in [0.3, 0.4) is 0 Å². The van der Waals surface area contributed by atoms with E-state index >= 15 is 0 Å². The van der Waals surface area contributed by atoms with E-state index in [2.05, 4.69) is 60.4 Å². The van der Waals surface area contributed by atoms with Crippen LogP contribution in [0, 0.1) is 12.3 Å². The molecule has 2 aliphatic rings. The van der Waals surface area contributed by atoms with Gasteiger partial charge in [-0.1, -0.05) is 45.0 Å². The molecule has 0 radical (unpaired) electrons. The number of likely N-dealkylation sites (tertiary alicyclic amines) is 1. The summed E-state index contributed by atoms with van der Waals surface area (Å²) in [4.78, 5) is 15.5. The molecule has 0 bridgehead atoms. The fourth-order valence-electron chi connectivity index (χ4n) is 5.27. The van der Waals surface area contributed by atoms with Crippen LogP contribution in [0.4, 0.5) is 0 Å². The lowest BCUT2D eigenvalue weighted by atomic mass is 9.63. The van der Waals surface area contributed by atoms with Gasteiger partial charge in [-0.2, -0.15) is 5.10 Å². The Hall–Kier alpha value is -2.14. The third-order valence-corrected chi connectivity index (χ3v) is 7.46. The summed E-state index contributed by atoms with van der Waals surface area (Å²) >= 11 is 0. The number of carbonyl (C=O) groups is 1. The molecule has 2 heterocycles. The molecule has 5 heteroatoms. The molecule has 4 rings (SSSR count). The maximum absolute atomic E-state index is 12.9. The van der Waals surface area contributed by atoms with Gasteiger partial charge in [-0.3, -0.25) is 9.48 Å². The third-order valence-electron chi connectivity index (χ3n) is 7.46. The number of amides is 1. The summed E-state index contributed by atoms with van der Waals surface area (Å²) in [5.41, 5.74) is 4.91. The van der Waals surface area contributed by atoms with Gasteiger partial charge in [-0.15, -0.1) is 0 Å². The van der Waals surface area contributed by atoms with Crippen molar-refractivity contribution in [3.8, 4) is 0 Å². The zero-order valence-electron chi connectivity index (χ0n) is 19.9. The van der Waals surface area contributed by atoms with Crippen LogP contribution in [-0.4, -0.2) is 40.2 Å². The Morgan fingerprint density at radius 2 is 1.90 bits per heavy atom. The molecule has 0 saturated carbocycles. The second-order valence-electron chi connectivity index (χ2n) is 10.9. The highest BCUT2D eigenvalue weighted by atomic mass is 16.2. The Morgan fingerprint density at radius 1 is 1.19 bits per heavy atom. The molecule has 1 aromatic carbocycles. The summed E-state index contributed by atoms with van der Waals surface area (Å²) in [6, 6.07) is 10.7. The van der Waals surface area contributed by atoms with Gasteiger partial charge in [0.2, 0.25) is 0 Å². The molecule has 1 saturated heterocycles. The largest absolute Gasteiger partial charge is 0.344 e. The Bertz CT molecular complexity index is 912. The van der Waals surface area contributed by atoms with E-state index in [-0.39, 0.29) is 17.4 Å². The average Bonchev–Trinajstić information content (AvgIpc) is 3.08. The van der Waals surface area contributed by atoms with E-state index in [1.54, 1.807) is 4.68 Å². The van der Waals surface area contributed by atoms with Crippen molar-refractivity contribution in [2.75, 3.05) is 19.6 Å².